The maximum Gasteiger partial charge on any atom is 0.0860 e. The van der Waals surface area contributed by atoms with Crippen LogP contribution in [0.2, 0.25) is 5.02 Å². The summed E-state index contributed by atoms with van der Waals surface area (Å²) in [5.74, 6) is 0. The van der Waals surface area contributed by atoms with Crippen LogP contribution in [0.5, 0.6) is 0 Å². The van der Waals surface area contributed by atoms with E-state index in [0.717, 1.165) is 29.5 Å². The highest BCUT2D eigenvalue weighted by Crippen LogP contribution is 2.21. The predicted octanol–water partition coefficient (Wildman–Crippen LogP) is 4.02. The van der Waals surface area contributed by atoms with Gasteiger partial charge >= 0.3 is 0 Å². The van der Waals surface area contributed by atoms with Crippen LogP contribution in [-0.2, 0) is 13.1 Å². The van der Waals surface area contributed by atoms with Crippen molar-refractivity contribution < 1.29 is 0 Å². The number of hydrogen-bond acceptors (Lipinski definition) is 2. The Labute approximate surface area is 126 Å². The highest BCUT2D eigenvalue weighted by Gasteiger charge is 2.13. The quantitative estimate of drug-likeness (QED) is 0.901. The molecule has 0 aliphatic rings. The number of nitrogens with zero attached hydrogens (tertiary/aromatic N) is 2. The Hall–Kier alpha value is -1.32. The van der Waals surface area contributed by atoms with Crippen LogP contribution in [0.1, 0.15) is 42.4 Å². The second-order valence-electron chi connectivity index (χ2n) is 5.18. The van der Waals surface area contributed by atoms with Crippen LogP contribution < -0.4 is 5.32 Å². The monoisotopic (exact) mass is 291 g/mol. The van der Waals surface area contributed by atoms with Gasteiger partial charge in [-0.1, -0.05) is 41.4 Å². The van der Waals surface area contributed by atoms with Gasteiger partial charge in [0.2, 0.25) is 0 Å². The van der Waals surface area contributed by atoms with Crippen molar-refractivity contribution in [1.29, 1.82) is 0 Å². The van der Waals surface area contributed by atoms with Gasteiger partial charge < -0.3 is 5.32 Å². The van der Waals surface area contributed by atoms with Crippen LogP contribution in [0.25, 0.3) is 0 Å². The van der Waals surface area contributed by atoms with E-state index >= 15 is 0 Å². The Kier molecular flexibility index (Phi) is 4.84. The minimum Gasteiger partial charge on any atom is -0.305 e. The van der Waals surface area contributed by atoms with E-state index in [1.54, 1.807) is 0 Å². The highest BCUT2D eigenvalue weighted by atomic mass is 35.5. The van der Waals surface area contributed by atoms with Crippen LogP contribution in [0.15, 0.2) is 24.3 Å². The van der Waals surface area contributed by atoms with Crippen molar-refractivity contribution in [1.82, 2.24) is 15.1 Å². The SMILES string of the molecule is CCn1nc(C)c(Cl)c1CN[C@H](C)c1cccc(C)c1. The molecule has 2 aromatic rings. The second kappa shape index (κ2) is 6.42. The molecule has 0 amide bonds. The Morgan fingerprint density at radius 3 is 2.75 bits per heavy atom. The standard InChI is InChI=1S/C16H22ClN3/c1-5-20-15(16(17)13(4)19-20)10-18-12(3)14-8-6-7-11(2)9-14/h6-9,12,18H,5,10H2,1-4H3/t12-/m1/s1. The molecule has 3 nitrogen and oxygen atoms in total. The molecule has 0 aliphatic heterocycles. The third kappa shape index (κ3) is 3.22. The van der Waals surface area contributed by atoms with E-state index in [9.17, 15) is 0 Å². The molecule has 1 N–H and O–H groups in total. The molecule has 20 heavy (non-hydrogen) atoms. The number of aromatic nitrogens is 2. The summed E-state index contributed by atoms with van der Waals surface area (Å²) < 4.78 is 1.97. The average Bonchev–Trinajstić information content (AvgIpc) is 2.71. The lowest BCUT2D eigenvalue weighted by Gasteiger charge is -2.15. The average molecular weight is 292 g/mol. The van der Waals surface area contributed by atoms with Gasteiger partial charge in [-0.2, -0.15) is 5.10 Å². The zero-order valence-corrected chi connectivity index (χ0v) is 13.3. The van der Waals surface area contributed by atoms with Gasteiger partial charge in [0.05, 0.1) is 16.4 Å². The van der Waals surface area contributed by atoms with Crippen molar-refractivity contribution in [2.75, 3.05) is 0 Å². The highest BCUT2D eigenvalue weighted by molar-refractivity contribution is 6.31. The van der Waals surface area contributed by atoms with Gasteiger partial charge in [0.25, 0.3) is 0 Å². The smallest absolute Gasteiger partial charge is 0.0860 e. The zero-order valence-electron chi connectivity index (χ0n) is 12.6. The molecular formula is C16H22ClN3. The van der Waals surface area contributed by atoms with Crippen LogP contribution in [0.3, 0.4) is 0 Å². The van der Waals surface area contributed by atoms with E-state index in [-0.39, 0.29) is 6.04 Å². The first-order valence-electron chi connectivity index (χ1n) is 7.04. The summed E-state index contributed by atoms with van der Waals surface area (Å²) >= 11 is 6.32. The van der Waals surface area contributed by atoms with Crippen LogP contribution in [0, 0.1) is 13.8 Å². The molecule has 0 fully saturated rings. The molecule has 108 valence electrons. The zero-order chi connectivity index (χ0) is 14.7. The van der Waals surface area contributed by atoms with Gasteiger partial charge in [-0.15, -0.1) is 0 Å². The van der Waals surface area contributed by atoms with Crippen LogP contribution >= 0.6 is 11.6 Å². The molecule has 4 heteroatoms. The molecule has 1 aromatic carbocycles. The lowest BCUT2D eigenvalue weighted by molar-refractivity contribution is 0.531. The van der Waals surface area contributed by atoms with E-state index in [1.807, 2.05) is 11.6 Å². The fraction of sp³-hybridized carbons (Fsp3) is 0.438. The molecule has 0 saturated heterocycles. The molecule has 1 atom stereocenters. The summed E-state index contributed by atoms with van der Waals surface area (Å²) in [5.41, 5.74) is 4.53. The molecule has 0 spiro atoms. The van der Waals surface area contributed by atoms with Crippen molar-refractivity contribution >= 4 is 11.6 Å². The fourth-order valence-electron chi connectivity index (χ4n) is 2.34. The Balaban J connectivity index is 2.09. The number of aryl methyl sites for hydroxylation is 3. The van der Waals surface area contributed by atoms with Gasteiger partial charge in [0.15, 0.2) is 0 Å². The van der Waals surface area contributed by atoms with Gasteiger partial charge in [-0.25, -0.2) is 0 Å². The number of benzene rings is 1. The summed E-state index contributed by atoms with van der Waals surface area (Å²) in [5, 5.41) is 8.74. The molecular weight excluding hydrogens is 270 g/mol. The molecule has 0 bridgehead atoms. The number of hydrogen-bond donors (Lipinski definition) is 1. The predicted molar refractivity (Wildman–Crippen MR) is 84.1 cm³/mol. The maximum absolute atomic E-state index is 6.32. The van der Waals surface area contributed by atoms with E-state index in [0.29, 0.717) is 0 Å². The lowest BCUT2D eigenvalue weighted by Crippen LogP contribution is -2.20. The van der Waals surface area contributed by atoms with Gasteiger partial charge in [-0.05, 0) is 33.3 Å². The van der Waals surface area contributed by atoms with Gasteiger partial charge in [0.1, 0.15) is 0 Å². The number of halogens is 1. The van der Waals surface area contributed by atoms with E-state index in [2.05, 4.69) is 55.5 Å². The summed E-state index contributed by atoms with van der Waals surface area (Å²) in [6.07, 6.45) is 0. The van der Waals surface area contributed by atoms with Crippen molar-refractivity contribution in [3.05, 3.63) is 51.8 Å². The molecule has 0 unspecified atom stereocenters. The fourth-order valence-corrected chi connectivity index (χ4v) is 2.55. The second-order valence-corrected chi connectivity index (χ2v) is 5.56. The van der Waals surface area contributed by atoms with E-state index in [1.165, 1.54) is 11.1 Å². The van der Waals surface area contributed by atoms with Crippen molar-refractivity contribution in [3.63, 3.8) is 0 Å². The van der Waals surface area contributed by atoms with Gasteiger partial charge in [-0.3, -0.25) is 4.68 Å². The summed E-state index contributed by atoms with van der Waals surface area (Å²) in [6, 6.07) is 8.85. The minimum atomic E-state index is 0.284. The maximum atomic E-state index is 6.32. The summed E-state index contributed by atoms with van der Waals surface area (Å²) in [4.78, 5) is 0. The van der Waals surface area contributed by atoms with Crippen LogP contribution in [-0.4, -0.2) is 9.78 Å². The summed E-state index contributed by atoms with van der Waals surface area (Å²) in [7, 11) is 0. The van der Waals surface area contributed by atoms with E-state index in [4.69, 9.17) is 11.6 Å². The Morgan fingerprint density at radius 1 is 1.35 bits per heavy atom. The number of nitrogens with one attached hydrogen (secondary N) is 1. The first kappa shape index (κ1) is 15.1. The molecule has 0 radical (unpaired) electrons. The third-order valence-corrected chi connectivity index (χ3v) is 4.06. The topological polar surface area (TPSA) is 29.9 Å². The van der Waals surface area contributed by atoms with Crippen molar-refractivity contribution in [2.24, 2.45) is 0 Å². The molecule has 0 aliphatic carbocycles. The van der Waals surface area contributed by atoms with Crippen LogP contribution in [0.4, 0.5) is 0 Å². The third-order valence-electron chi connectivity index (χ3n) is 3.57. The number of rotatable bonds is 5. The van der Waals surface area contributed by atoms with Crippen molar-refractivity contribution in [3.8, 4) is 0 Å². The van der Waals surface area contributed by atoms with E-state index < -0.39 is 0 Å². The normalized spacial score (nSPS) is 12.7. The molecule has 1 heterocycles. The minimum absolute atomic E-state index is 0.284. The molecule has 1 aromatic heterocycles. The molecule has 0 saturated carbocycles. The van der Waals surface area contributed by atoms with Crippen molar-refractivity contribution in [2.45, 2.75) is 46.8 Å². The molecule has 2 rings (SSSR count). The van der Waals surface area contributed by atoms with Gasteiger partial charge in [0, 0.05) is 19.1 Å². The largest absolute Gasteiger partial charge is 0.305 e. The Morgan fingerprint density at radius 2 is 2.10 bits per heavy atom. The lowest BCUT2D eigenvalue weighted by atomic mass is 10.1. The summed E-state index contributed by atoms with van der Waals surface area (Å²) in [6.45, 7) is 9.87. The first-order chi connectivity index (χ1) is 9.52. The first-order valence-corrected chi connectivity index (χ1v) is 7.42. The Bertz CT molecular complexity index is 589.